The molecule has 3 heterocycles. The summed E-state index contributed by atoms with van der Waals surface area (Å²) in [5.74, 6) is 2.11. The Bertz CT molecular complexity index is 1110. The van der Waals surface area contributed by atoms with Crippen LogP contribution in [0.4, 0.5) is 13.2 Å². The van der Waals surface area contributed by atoms with Crippen molar-refractivity contribution in [2.24, 2.45) is 12.5 Å². The Hall–Kier alpha value is -2.17. The summed E-state index contributed by atoms with van der Waals surface area (Å²) < 4.78 is 40.4. The number of hydrogen-bond donors (Lipinski definition) is 0. The van der Waals surface area contributed by atoms with Crippen LogP contribution in [0, 0.1) is 5.41 Å². The molecule has 0 bridgehead atoms. The second-order valence-electron chi connectivity index (χ2n) is 8.96. The van der Waals surface area contributed by atoms with Crippen molar-refractivity contribution in [3.8, 4) is 11.4 Å². The van der Waals surface area contributed by atoms with Crippen molar-refractivity contribution in [1.29, 1.82) is 0 Å². The highest BCUT2D eigenvalue weighted by Gasteiger charge is 2.57. The fourth-order valence-corrected chi connectivity index (χ4v) is 5.75. The van der Waals surface area contributed by atoms with Gasteiger partial charge in [-0.2, -0.15) is 23.4 Å². The van der Waals surface area contributed by atoms with Crippen molar-refractivity contribution in [3.05, 3.63) is 53.9 Å². The van der Waals surface area contributed by atoms with Gasteiger partial charge >= 0.3 is 6.18 Å². The van der Waals surface area contributed by atoms with Crippen LogP contribution in [0.5, 0.6) is 0 Å². The predicted molar refractivity (Wildman–Crippen MR) is 127 cm³/mol. The van der Waals surface area contributed by atoms with Crippen LogP contribution in [0.2, 0.25) is 0 Å². The monoisotopic (exact) mass is 510 g/mol. The van der Waals surface area contributed by atoms with Crippen molar-refractivity contribution < 1.29 is 13.2 Å². The first-order valence-electron chi connectivity index (χ1n) is 11.0. The van der Waals surface area contributed by atoms with Gasteiger partial charge in [0, 0.05) is 24.9 Å². The highest BCUT2D eigenvalue weighted by Crippen LogP contribution is 2.64. The quantitative estimate of drug-likeness (QED) is 0.326. The minimum atomic E-state index is -4.27. The molecule has 3 aromatic rings. The van der Waals surface area contributed by atoms with E-state index in [1.165, 1.54) is 12.1 Å². The van der Waals surface area contributed by atoms with Gasteiger partial charge in [-0.3, -0.25) is 0 Å². The third-order valence-electron chi connectivity index (χ3n) is 6.82. The van der Waals surface area contributed by atoms with E-state index in [9.17, 15) is 13.2 Å². The molecule has 2 unspecified atom stereocenters. The summed E-state index contributed by atoms with van der Waals surface area (Å²) in [6, 6.07) is 7.63. The smallest absolute Gasteiger partial charge is 0.305 e. The number of aromatic nitrogens is 5. The zero-order chi connectivity index (χ0) is 23.1. The second kappa shape index (κ2) is 9.83. The molecule has 5 rings (SSSR count). The van der Waals surface area contributed by atoms with Gasteiger partial charge in [0.1, 0.15) is 0 Å². The number of alkyl halides is 3. The average Bonchev–Trinajstić information content (AvgIpc) is 3.15. The van der Waals surface area contributed by atoms with E-state index in [1.807, 2.05) is 17.7 Å². The fourth-order valence-electron chi connectivity index (χ4n) is 4.92. The first kappa shape index (κ1) is 24.9. The SMILES string of the molecule is Cl.Cn1c(SCCCN2CCC3(CC3c3ccc(C(F)(F)F)cc3)C2)nnc1-c1ccnnc1. The Balaban J connectivity index is 0.00000274. The van der Waals surface area contributed by atoms with Crippen molar-refractivity contribution in [2.75, 3.05) is 25.4 Å². The molecule has 0 radical (unpaired) electrons. The van der Waals surface area contributed by atoms with Crippen LogP contribution >= 0.6 is 24.2 Å². The zero-order valence-corrected chi connectivity index (χ0v) is 20.3. The Morgan fingerprint density at radius 1 is 1.12 bits per heavy atom. The molecule has 182 valence electrons. The number of rotatable bonds is 7. The molecular weight excluding hydrogens is 485 g/mol. The molecule has 1 spiro atoms. The van der Waals surface area contributed by atoms with Crippen LogP contribution in [0.3, 0.4) is 0 Å². The molecule has 0 amide bonds. The Kier molecular flexibility index (Phi) is 7.21. The second-order valence-corrected chi connectivity index (χ2v) is 10.0. The molecule has 1 aliphatic heterocycles. The van der Waals surface area contributed by atoms with Crippen molar-refractivity contribution in [1.82, 2.24) is 29.9 Å². The average molecular weight is 511 g/mol. The molecule has 1 aromatic carbocycles. The summed E-state index contributed by atoms with van der Waals surface area (Å²) in [5, 5.41) is 17.2. The van der Waals surface area contributed by atoms with Gasteiger partial charge in [-0.1, -0.05) is 23.9 Å². The fraction of sp³-hybridized carbons (Fsp3) is 0.478. The lowest BCUT2D eigenvalue weighted by atomic mass is 9.97. The molecule has 2 aliphatic rings. The number of thioether (sulfide) groups is 1. The third-order valence-corrected chi connectivity index (χ3v) is 7.93. The van der Waals surface area contributed by atoms with Gasteiger partial charge in [0.05, 0.1) is 18.0 Å². The van der Waals surface area contributed by atoms with E-state index < -0.39 is 11.7 Å². The summed E-state index contributed by atoms with van der Waals surface area (Å²) >= 11 is 1.70. The zero-order valence-electron chi connectivity index (χ0n) is 18.7. The molecule has 2 atom stereocenters. The van der Waals surface area contributed by atoms with Gasteiger partial charge in [0.25, 0.3) is 0 Å². The van der Waals surface area contributed by atoms with Crippen LogP contribution in [-0.4, -0.2) is 55.2 Å². The van der Waals surface area contributed by atoms with Crippen molar-refractivity contribution >= 4 is 24.2 Å². The van der Waals surface area contributed by atoms with Crippen LogP contribution in [-0.2, 0) is 13.2 Å². The molecule has 1 saturated heterocycles. The van der Waals surface area contributed by atoms with Crippen molar-refractivity contribution in [3.63, 3.8) is 0 Å². The van der Waals surface area contributed by atoms with Crippen LogP contribution in [0.15, 0.2) is 47.9 Å². The lowest BCUT2D eigenvalue weighted by molar-refractivity contribution is -0.137. The molecule has 6 nitrogen and oxygen atoms in total. The number of hydrogen-bond acceptors (Lipinski definition) is 6. The largest absolute Gasteiger partial charge is 0.416 e. The van der Waals surface area contributed by atoms with Crippen LogP contribution in [0.25, 0.3) is 11.4 Å². The Morgan fingerprint density at radius 3 is 2.62 bits per heavy atom. The molecule has 0 N–H and O–H groups in total. The van der Waals surface area contributed by atoms with Gasteiger partial charge in [-0.05, 0) is 67.4 Å². The highest BCUT2D eigenvalue weighted by molar-refractivity contribution is 7.99. The normalized spacial score (nSPS) is 22.2. The van der Waals surface area contributed by atoms with E-state index in [0.29, 0.717) is 5.92 Å². The topological polar surface area (TPSA) is 59.7 Å². The van der Waals surface area contributed by atoms with Gasteiger partial charge < -0.3 is 9.47 Å². The van der Waals surface area contributed by atoms with E-state index in [2.05, 4.69) is 25.3 Å². The Morgan fingerprint density at radius 2 is 1.91 bits per heavy atom. The molecule has 11 heteroatoms. The van der Waals surface area contributed by atoms with Gasteiger partial charge in [0.15, 0.2) is 11.0 Å². The predicted octanol–water partition coefficient (Wildman–Crippen LogP) is 5.07. The minimum absolute atomic E-state index is 0. The van der Waals surface area contributed by atoms with Crippen LogP contribution < -0.4 is 0 Å². The first-order chi connectivity index (χ1) is 15.9. The maximum Gasteiger partial charge on any atom is 0.416 e. The lowest BCUT2D eigenvalue weighted by Crippen LogP contribution is -2.23. The molecule has 2 aromatic heterocycles. The lowest BCUT2D eigenvalue weighted by Gasteiger charge is -2.16. The summed E-state index contributed by atoms with van der Waals surface area (Å²) in [6.07, 6.45) is 2.29. The van der Waals surface area contributed by atoms with E-state index in [1.54, 1.807) is 36.3 Å². The standard InChI is InChI=1S/C23H25F3N6S.ClH/c1-31-20(17-7-9-27-28-14-17)29-30-21(31)33-12-2-10-32-11-8-22(15-32)13-19(22)16-3-5-18(6-4-16)23(24,25)26;/h3-7,9,14,19H,2,8,10-13,15H2,1H3;1H. The third kappa shape index (κ3) is 5.08. The summed E-state index contributed by atoms with van der Waals surface area (Å²) in [5.41, 5.74) is 1.62. The van der Waals surface area contributed by atoms with E-state index in [4.69, 9.17) is 0 Å². The molecule has 1 saturated carbocycles. The maximum absolute atomic E-state index is 12.8. The number of nitrogens with zero attached hydrogens (tertiary/aromatic N) is 6. The van der Waals surface area contributed by atoms with Gasteiger partial charge in [-0.15, -0.1) is 22.6 Å². The molecule has 34 heavy (non-hydrogen) atoms. The number of benzene rings is 1. The van der Waals surface area contributed by atoms with E-state index in [-0.39, 0.29) is 17.8 Å². The summed E-state index contributed by atoms with van der Waals surface area (Å²) in [4.78, 5) is 2.50. The highest BCUT2D eigenvalue weighted by atomic mass is 35.5. The molecule has 2 fully saturated rings. The Labute approximate surface area is 206 Å². The molecule has 1 aliphatic carbocycles. The number of likely N-dealkylation sites (tertiary alicyclic amines) is 1. The number of halogens is 4. The van der Waals surface area contributed by atoms with Gasteiger partial charge in [0.2, 0.25) is 0 Å². The van der Waals surface area contributed by atoms with E-state index in [0.717, 1.165) is 66.8 Å². The maximum atomic E-state index is 12.8. The molecular formula is C23H26ClF3N6S. The summed E-state index contributed by atoms with van der Waals surface area (Å²) in [6.45, 7) is 3.12. The summed E-state index contributed by atoms with van der Waals surface area (Å²) in [7, 11) is 1.96. The van der Waals surface area contributed by atoms with Crippen LogP contribution in [0.1, 0.15) is 36.3 Å². The van der Waals surface area contributed by atoms with Crippen molar-refractivity contribution in [2.45, 2.75) is 36.5 Å². The van der Waals surface area contributed by atoms with Gasteiger partial charge in [-0.25, -0.2) is 0 Å². The minimum Gasteiger partial charge on any atom is -0.305 e. The van der Waals surface area contributed by atoms with E-state index >= 15 is 0 Å². The first-order valence-corrected chi connectivity index (χ1v) is 12.0.